The van der Waals surface area contributed by atoms with Crippen LogP contribution in [0.4, 0.5) is 0 Å². The van der Waals surface area contributed by atoms with Gasteiger partial charge >= 0.3 is 5.97 Å². The van der Waals surface area contributed by atoms with Crippen LogP contribution < -0.4 is 0 Å². The third-order valence-electron chi connectivity index (χ3n) is 1.53. The van der Waals surface area contributed by atoms with Gasteiger partial charge in [0.05, 0.1) is 12.2 Å². The molecule has 3 nitrogen and oxygen atoms in total. The predicted molar refractivity (Wildman–Crippen MR) is 49.9 cm³/mol. The van der Waals surface area contributed by atoms with Gasteiger partial charge in [-0.3, -0.25) is 4.98 Å². The molecule has 0 aliphatic heterocycles. The smallest absolute Gasteiger partial charge is 0.338 e. The number of ether oxygens (including phenoxy) is 1. The maximum atomic E-state index is 11.2. The summed E-state index contributed by atoms with van der Waals surface area (Å²) in [6.45, 7) is 5.75. The molecular weight excluding hydrogens is 166 g/mol. The summed E-state index contributed by atoms with van der Waals surface area (Å²) < 4.78 is 4.79. The molecule has 0 aromatic carbocycles. The molecule has 0 aliphatic carbocycles. The van der Waals surface area contributed by atoms with Gasteiger partial charge in [-0.25, -0.2) is 4.79 Å². The van der Waals surface area contributed by atoms with Gasteiger partial charge in [0, 0.05) is 18.0 Å². The molecule has 1 aromatic rings. The number of esters is 1. The topological polar surface area (TPSA) is 39.2 Å². The number of carbonyl (C=O) groups excluding carboxylic acids is 1. The van der Waals surface area contributed by atoms with Crippen LogP contribution in [0, 0.1) is 0 Å². The van der Waals surface area contributed by atoms with Gasteiger partial charge in [-0.2, -0.15) is 0 Å². The molecule has 0 N–H and O–H groups in total. The van der Waals surface area contributed by atoms with Crippen LogP contribution in [0.15, 0.2) is 31.1 Å². The van der Waals surface area contributed by atoms with Gasteiger partial charge in [0.1, 0.15) is 0 Å². The number of hydrogen-bond acceptors (Lipinski definition) is 3. The van der Waals surface area contributed by atoms with Crippen molar-refractivity contribution in [3.63, 3.8) is 0 Å². The van der Waals surface area contributed by atoms with E-state index >= 15 is 0 Å². The van der Waals surface area contributed by atoms with Crippen molar-refractivity contribution in [1.29, 1.82) is 0 Å². The van der Waals surface area contributed by atoms with E-state index in [4.69, 9.17) is 4.74 Å². The summed E-state index contributed by atoms with van der Waals surface area (Å²) in [4.78, 5) is 15.1. The zero-order valence-corrected chi connectivity index (χ0v) is 7.49. The van der Waals surface area contributed by atoms with Crippen LogP contribution in [-0.4, -0.2) is 17.6 Å². The van der Waals surface area contributed by atoms with E-state index in [9.17, 15) is 4.79 Å². The highest BCUT2D eigenvalue weighted by Gasteiger charge is 2.09. The molecule has 13 heavy (non-hydrogen) atoms. The van der Waals surface area contributed by atoms with Crippen molar-refractivity contribution >= 4 is 11.5 Å². The Labute approximate surface area is 77.1 Å². The van der Waals surface area contributed by atoms with Crippen molar-refractivity contribution < 1.29 is 9.53 Å². The quantitative estimate of drug-likeness (QED) is 0.520. The molecule has 3 heteroatoms. The maximum absolute atomic E-state index is 11.2. The maximum Gasteiger partial charge on any atom is 0.338 e. The zero-order valence-electron chi connectivity index (χ0n) is 7.49. The minimum absolute atomic E-state index is 0.343. The second-order valence-corrected chi connectivity index (χ2v) is 2.44. The molecule has 1 heterocycles. The van der Waals surface area contributed by atoms with Gasteiger partial charge in [0.2, 0.25) is 0 Å². The van der Waals surface area contributed by atoms with Crippen LogP contribution in [0.2, 0.25) is 0 Å². The number of carbonyl (C=O) groups is 1. The monoisotopic (exact) mass is 177 g/mol. The Morgan fingerprint density at radius 3 is 3.00 bits per heavy atom. The van der Waals surface area contributed by atoms with E-state index in [0.29, 0.717) is 17.7 Å². The third-order valence-corrected chi connectivity index (χ3v) is 1.53. The van der Waals surface area contributed by atoms with Crippen LogP contribution in [0.5, 0.6) is 0 Å². The second kappa shape index (κ2) is 4.40. The SMILES string of the molecule is C=C(C(=O)OCC)c1cccnc1. The number of nitrogens with zero attached hydrogens (tertiary/aromatic N) is 1. The summed E-state index contributed by atoms with van der Waals surface area (Å²) in [6, 6.07) is 3.52. The van der Waals surface area contributed by atoms with Crippen molar-refractivity contribution in [2.45, 2.75) is 6.92 Å². The number of aromatic nitrogens is 1. The van der Waals surface area contributed by atoms with Crippen molar-refractivity contribution in [3.05, 3.63) is 36.7 Å². The summed E-state index contributed by atoms with van der Waals surface area (Å²) in [5, 5.41) is 0. The van der Waals surface area contributed by atoms with Crippen molar-refractivity contribution in [1.82, 2.24) is 4.98 Å². The minimum atomic E-state index is -0.393. The molecule has 0 aliphatic rings. The first-order valence-electron chi connectivity index (χ1n) is 4.02. The fraction of sp³-hybridized carbons (Fsp3) is 0.200. The molecule has 0 atom stereocenters. The molecular formula is C10H11NO2. The lowest BCUT2D eigenvalue weighted by Gasteiger charge is -2.03. The molecule has 0 saturated carbocycles. The standard InChI is InChI=1S/C10H11NO2/c1-3-13-10(12)8(2)9-5-4-6-11-7-9/h4-7H,2-3H2,1H3. The van der Waals surface area contributed by atoms with E-state index in [-0.39, 0.29) is 0 Å². The lowest BCUT2D eigenvalue weighted by molar-refractivity contribution is -0.136. The van der Waals surface area contributed by atoms with Gasteiger partial charge in [-0.05, 0) is 13.0 Å². The van der Waals surface area contributed by atoms with Gasteiger partial charge in [-0.15, -0.1) is 0 Å². The van der Waals surface area contributed by atoms with E-state index < -0.39 is 5.97 Å². The molecule has 68 valence electrons. The molecule has 1 rings (SSSR count). The van der Waals surface area contributed by atoms with E-state index in [1.807, 2.05) is 0 Å². The highest BCUT2D eigenvalue weighted by atomic mass is 16.5. The Bertz CT molecular complexity index is 306. The average Bonchev–Trinajstić information content (AvgIpc) is 2.18. The Morgan fingerprint density at radius 1 is 1.69 bits per heavy atom. The molecule has 0 amide bonds. The van der Waals surface area contributed by atoms with Crippen LogP contribution in [0.3, 0.4) is 0 Å². The third kappa shape index (κ3) is 2.40. The summed E-state index contributed by atoms with van der Waals surface area (Å²) in [6.07, 6.45) is 3.22. The molecule has 0 bridgehead atoms. The van der Waals surface area contributed by atoms with Crippen molar-refractivity contribution in [3.8, 4) is 0 Å². The van der Waals surface area contributed by atoms with E-state index in [1.165, 1.54) is 0 Å². The molecule has 0 fully saturated rings. The molecule has 0 radical (unpaired) electrons. The van der Waals surface area contributed by atoms with Crippen LogP contribution in [0.1, 0.15) is 12.5 Å². The van der Waals surface area contributed by atoms with Crippen molar-refractivity contribution in [2.75, 3.05) is 6.61 Å². The summed E-state index contributed by atoms with van der Waals surface area (Å²) in [7, 11) is 0. The summed E-state index contributed by atoms with van der Waals surface area (Å²) in [5.41, 5.74) is 1.04. The van der Waals surface area contributed by atoms with Gasteiger partial charge in [0.15, 0.2) is 0 Å². The summed E-state index contributed by atoms with van der Waals surface area (Å²) >= 11 is 0. The highest BCUT2D eigenvalue weighted by molar-refractivity contribution is 6.15. The Hall–Kier alpha value is -1.64. The number of pyridine rings is 1. The van der Waals surface area contributed by atoms with Gasteiger partial charge in [0.25, 0.3) is 0 Å². The summed E-state index contributed by atoms with van der Waals surface area (Å²) in [5.74, 6) is -0.393. The zero-order chi connectivity index (χ0) is 9.68. The van der Waals surface area contributed by atoms with Gasteiger partial charge < -0.3 is 4.74 Å². The highest BCUT2D eigenvalue weighted by Crippen LogP contribution is 2.11. The fourth-order valence-corrected chi connectivity index (χ4v) is 0.877. The van der Waals surface area contributed by atoms with E-state index in [1.54, 1.807) is 31.5 Å². The number of rotatable bonds is 3. The first kappa shape index (κ1) is 9.45. The Balaban J connectivity index is 2.74. The fourth-order valence-electron chi connectivity index (χ4n) is 0.877. The predicted octanol–water partition coefficient (Wildman–Crippen LogP) is 1.66. The van der Waals surface area contributed by atoms with E-state index in [0.717, 1.165) is 0 Å². The molecule has 0 saturated heterocycles. The lowest BCUT2D eigenvalue weighted by atomic mass is 10.1. The van der Waals surface area contributed by atoms with Crippen LogP contribution in [-0.2, 0) is 9.53 Å². The largest absolute Gasteiger partial charge is 0.462 e. The Morgan fingerprint density at radius 2 is 2.46 bits per heavy atom. The molecule has 0 spiro atoms. The average molecular weight is 177 g/mol. The van der Waals surface area contributed by atoms with Crippen LogP contribution in [0.25, 0.3) is 5.57 Å². The van der Waals surface area contributed by atoms with Crippen LogP contribution >= 0.6 is 0 Å². The molecule has 1 aromatic heterocycles. The lowest BCUT2D eigenvalue weighted by Crippen LogP contribution is -2.05. The first-order chi connectivity index (χ1) is 6.25. The van der Waals surface area contributed by atoms with Gasteiger partial charge in [-0.1, -0.05) is 12.6 Å². The van der Waals surface area contributed by atoms with E-state index in [2.05, 4.69) is 11.6 Å². The first-order valence-corrected chi connectivity index (χ1v) is 4.02. The second-order valence-electron chi connectivity index (χ2n) is 2.44. The minimum Gasteiger partial charge on any atom is -0.462 e. The van der Waals surface area contributed by atoms with Crippen molar-refractivity contribution in [2.24, 2.45) is 0 Å². The number of hydrogen-bond donors (Lipinski definition) is 0. The Kier molecular flexibility index (Phi) is 3.20. The molecule has 0 unspecified atom stereocenters. The normalized spacial score (nSPS) is 9.31.